The Labute approximate surface area is 150 Å². The SMILES string of the molecule is Cc1ccc(-n2ncc(C(=O)NCC(O)c3ccc(O)cc3)c2N)cc1. The number of aryl methyl sites for hydroxylation is 1. The molecule has 1 amide bonds. The fraction of sp³-hybridized carbons (Fsp3) is 0.158. The topological polar surface area (TPSA) is 113 Å². The highest BCUT2D eigenvalue weighted by Gasteiger charge is 2.17. The summed E-state index contributed by atoms with van der Waals surface area (Å²) in [6.07, 6.45) is 0.505. The van der Waals surface area contributed by atoms with Gasteiger partial charge >= 0.3 is 0 Å². The molecule has 0 aliphatic rings. The van der Waals surface area contributed by atoms with Crippen LogP contribution in [0.25, 0.3) is 5.69 Å². The van der Waals surface area contributed by atoms with Crippen LogP contribution in [0.1, 0.15) is 27.6 Å². The Morgan fingerprint density at radius 2 is 1.85 bits per heavy atom. The van der Waals surface area contributed by atoms with Gasteiger partial charge in [0, 0.05) is 6.54 Å². The van der Waals surface area contributed by atoms with Crippen molar-refractivity contribution in [2.75, 3.05) is 12.3 Å². The van der Waals surface area contributed by atoms with E-state index in [1.54, 1.807) is 12.1 Å². The van der Waals surface area contributed by atoms with Gasteiger partial charge in [0.15, 0.2) is 0 Å². The number of nitrogen functional groups attached to an aromatic ring is 1. The average molecular weight is 352 g/mol. The van der Waals surface area contributed by atoms with Crippen LogP contribution in [0.5, 0.6) is 5.75 Å². The van der Waals surface area contributed by atoms with Crippen LogP contribution in [-0.4, -0.2) is 32.4 Å². The first-order valence-electron chi connectivity index (χ1n) is 8.11. The predicted octanol–water partition coefficient (Wildman–Crippen LogP) is 1.93. The van der Waals surface area contributed by atoms with Crippen molar-refractivity contribution in [3.05, 3.63) is 71.4 Å². The third-order valence-electron chi connectivity index (χ3n) is 4.06. The summed E-state index contributed by atoms with van der Waals surface area (Å²) in [6, 6.07) is 13.7. The van der Waals surface area contributed by atoms with Crippen LogP contribution in [0, 0.1) is 6.92 Å². The van der Waals surface area contributed by atoms with Crippen molar-refractivity contribution in [2.24, 2.45) is 0 Å². The molecule has 1 atom stereocenters. The van der Waals surface area contributed by atoms with Gasteiger partial charge in [-0.3, -0.25) is 4.79 Å². The number of phenols is 1. The molecule has 134 valence electrons. The molecule has 0 fully saturated rings. The van der Waals surface area contributed by atoms with Crippen LogP contribution >= 0.6 is 0 Å². The quantitative estimate of drug-likeness (QED) is 0.560. The summed E-state index contributed by atoms with van der Waals surface area (Å²) in [6.45, 7) is 1.99. The number of phenolic OH excluding ortho intramolecular Hbond substituents is 1. The molecular weight excluding hydrogens is 332 g/mol. The number of nitrogens with one attached hydrogen (secondary N) is 1. The highest BCUT2D eigenvalue weighted by molar-refractivity contribution is 5.98. The standard InChI is InChI=1S/C19H20N4O3/c1-12-2-6-14(7-3-12)23-18(20)16(10-22-23)19(26)21-11-17(25)13-4-8-15(24)9-5-13/h2-10,17,24-25H,11,20H2,1H3,(H,21,26). The van der Waals surface area contributed by atoms with E-state index in [-0.39, 0.29) is 23.7 Å². The van der Waals surface area contributed by atoms with Gasteiger partial charge in [0.2, 0.25) is 0 Å². The first kappa shape index (κ1) is 17.5. The first-order chi connectivity index (χ1) is 12.5. The second-order valence-electron chi connectivity index (χ2n) is 6.01. The molecule has 0 aliphatic heterocycles. The molecule has 0 radical (unpaired) electrons. The minimum Gasteiger partial charge on any atom is -0.508 e. The maximum atomic E-state index is 12.4. The van der Waals surface area contributed by atoms with Crippen LogP contribution < -0.4 is 11.1 Å². The second kappa shape index (κ2) is 7.28. The van der Waals surface area contributed by atoms with E-state index < -0.39 is 12.0 Å². The maximum absolute atomic E-state index is 12.4. The molecule has 7 nitrogen and oxygen atoms in total. The van der Waals surface area contributed by atoms with Gasteiger partial charge in [-0.25, -0.2) is 4.68 Å². The van der Waals surface area contributed by atoms with E-state index in [0.717, 1.165) is 11.3 Å². The number of aliphatic hydroxyl groups excluding tert-OH is 1. The van der Waals surface area contributed by atoms with E-state index in [0.29, 0.717) is 5.56 Å². The van der Waals surface area contributed by atoms with Crippen LogP contribution in [0.15, 0.2) is 54.7 Å². The maximum Gasteiger partial charge on any atom is 0.256 e. The first-order valence-corrected chi connectivity index (χ1v) is 8.11. The van der Waals surface area contributed by atoms with E-state index in [1.165, 1.54) is 23.0 Å². The summed E-state index contributed by atoms with van der Waals surface area (Å²) in [5, 5.41) is 26.2. The molecule has 7 heteroatoms. The van der Waals surface area contributed by atoms with Gasteiger partial charge in [-0.1, -0.05) is 29.8 Å². The second-order valence-corrected chi connectivity index (χ2v) is 6.01. The molecule has 1 aromatic heterocycles. The number of nitrogens with two attached hydrogens (primary N) is 1. The van der Waals surface area contributed by atoms with Crippen molar-refractivity contribution < 1.29 is 15.0 Å². The lowest BCUT2D eigenvalue weighted by molar-refractivity contribution is 0.0917. The van der Waals surface area contributed by atoms with Crippen molar-refractivity contribution in [1.29, 1.82) is 0 Å². The molecule has 0 spiro atoms. The molecule has 3 aromatic rings. The number of hydrogen-bond donors (Lipinski definition) is 4. The zero-order valence-electron chi connectivity index (χ0n) is 14.3. The number of aliphatic hydroxyl groups is 1. The van der Waals surface area contributed by atoms with Gasteiger partial charge in [0.25, 0.3) is 5.91 Å². The minimum atomic E-state index is -0.895. The van der Waals surface area contributed by atoms with Crippen LogP contribution in [-0.2, 0) is 0 Å². The minimum absolute atomic E-state index is 0.0127. The highest BCUT2D eigenvalue weighted by Crippen LogP contribution is 2.19. The van der Waals surface area contributed by atoms with E-state index in [1.807, 2.05) is 31.2 Å². The van der Waals surface area contributed by atoms with Crippen LogP contribution in [0.2, 0.25) is 0 Å². The molecular formula is C19H20N4O3. The van der Waals surface area contributed by atoms with Gasteiger partial charge in [-0.15, -0.1) is 0 Å². The van der Waals surface area contributed by atoms with Crippen molar-refractivity contribution in [3.63, 3.8) is 0 Å². The molecule has 5 N–H and O–H groups in total. The normalized spacial score (nSPS) is 11.9. The molecule has 0 bridgehead atoms. The van der Waals surface area contributed by atoms with Gasteiger partial charge in [-0.05, 0) is 36.8 Å². The number of amides is 1. The molecule has 1 heterocycles. The van der Waals surface area contributed by atoms with E-state index in [2.05, 4.69) is 10.4 Å². The van der Waals surface area contributed by atoms with E-state index in [4.69, 9.17) is 5.73 Å². The third-order valence-corrected chi connectivity index (χ3v) is 4.06. The summed E-state index contributed by atoms with van der Waals surface area (Å²) >= 11 is 0. The zero-order valence-corrected chi connectivity index (χ0v) is 14.3. The Hall–Kier alpha value is -3.32. The number of hydrogen-bond acceptors (Lipinski definition) is 5. The summed E-state index contributed by atoms with van der Waals surface area (Å²) in [7, 11) is 0. The number of aromatic nitrogens is 2. The Kier molecular flexibility index (Phi) is 4.90. The van der Waals surface area contributed by atoms with Crippen molar-refractivity contribution in [3.8, 4) is 11.4 Å². The van der Waals surface area contributed by atoms with Crippen molar-refractivity contribution in [2.45, 2.75) is 13.0 Å². The molecule has 0 aliphatic carbocycles. The largest absolute Gasteiger partial charge is 0.508 e. The van der Waals surface area contributed by atoms with Crippen molar-refractivity contribution >= 4 is 11.7 Å². The monoisotopic (exact) mass is 352 g/mol. The Morgan fingerprint density at radius 1 is 1.19 bits per heavy atom. The zero-order chi connectivity index (χ0) is 18.7. The number of anilines is 1. The summed E-state index contributed by atoms with van der Waals surface area (Å²) in [5.74, 6) is -0.0783. The van der Waals surface area contributed by atoms with Crippen LogP contribution in [0.4, 0.5) is 5.82 Å². The van der Waals surface area contributed by atoms with Gasteiger partial charge in [0.05, 0.1) is 18.0 Å². The lowest BCUT2D eigenvalue weighted by Crippen LogP contribution is -2.28. The Morgan fingerprint density at radius 3 is 2.50 bits per heavy atom. The molecule has 1 unspecified atom stereocenters. The fourth-order valence-corrected chi connectivity index (χ4v) is 2.52. The molecule has 2 aromatic carbocycles. The molecule has 3 rings (SSSR count). The summed E-state index contributed by atoms with van der Waals surface area (Å²) in [5.41, 5.74) is 8.76. The number of carbonyl (C=O) groups is 1. The fourth-order valence-electron chi connectivity index (χ4n) is 2.52. The predicted molar refractivity (Wildman–Crippen MR) is 98.1 cm³/mol. The molecule has 26 heavy (non-hydrogen) atoms. The smallest absolute Gasteiger partial charge is 0.256 e. The number of benzene rings is 2. The Bertz CT molecular complexity index is 902. The summed E-state index contributed by atoms with van der Waals surface area (Å²) in [4.78, 5) is 12.4. The number of aromatic hydroxyl groups is 1. The van der Waals surface area contributed by atoms with Crippen molar-refractivity contribution in [1.82, 2.24) is 15.1 Å². The average Bonchev–Trinajstić information content (AvgIpc) is 3.02. The number of rotatable bonds is 5. The van der Waals surface area contributed by atoms with E-state index in [9.17, 15) is 15.0 Å². The summed E-state index contributed by atoms with van der Waals surface area (Å²) < 4.78 is 1.49. The van der Waals surface area contributed by atoms with Gasteiger partial charge < -0.3 is 21.3 Å². The van der Waals surface area contributed by atoms with Gasteiger partial charge in [-0.2, -0.15) is 5.10 Å². The lowest BCUT2D eigenvalue weighted by Gasteiger charge is -2.12. The number of carbonyl (C=O) groups excluding carboxylic acids is 1. The highest BCUT2D eigenvalue weighted by atomic mass is 16.3. The van der Waals surface area contributed by atoms with Crippen LogP contribution in [0.3, 0.4) is 0 Å². The number of nitrogens with zero attached hydrogens (tertiary/aromatic N) is 2. The Balaban J connectivity index is 1.68. The molecule has 0 saturated heterocycles. The lowest BCUT2D eigenvalue weighted by atomic mass is 10.1. The van der Waals surface area contributed by atoms with Gasteiger partial charge in [0.1, 0.15) is 17.1 Å². The van der Waals surface area contributed by atoms with E-state index >= 15 is 0 Å². The molecule has 0 saturated carbocycles. The third kappa shape index (κ3) is 3.68.